The molecule has 3 aromatic carbocycles. The lowest BCUT2D eigenvalue weighted by atomic mass is 10.1. The van der Waals surface area contributed by atoms with Crippen molar-refractivity contribution in [1.82, 2.24) is 4.90 Å². The molecule has 0 radical (unpaired) electrons. The van der Waals surface area contributed by atoms with E-state index >= 15 is 0 Å². The fraction of sp³-hybridized carbons (Fsp3) is 0.207. The molecule has 0 spiro atoms. The Bertz CT molecular complexity index is 1480. The van der Waals surface area contributed by atoms with Crippen LogP contribution in [0.2, 0.25) is 10.0 Å². The van der Waals surface area contributed by atoms with Crippen molar-refractivity contribution in [3.05, 3.63) is 91.3 Å². The SMILES string of the molecule is COc1cccc(/C=C2/SC(=O)N(CC(=O)Nc3c(C)cc(C)cc3C)C2=O)c1OCc1ccc(Cl)cc1Cl. The normalized spacial score (nSPS) is 14.2. The Hall–Kier alpha value is -3.46. The fourth-order valence-corrected chi connectivity index (χ4v) is 5.52. The number of hydrogen-bond acceptors (Lipinski definition) is 6. The van der Waals surface area contributed by atoms with Crippen LogP contribution in [0.15, 0.2) is 53.4 Å². The summed E-state index contributed by atoms with van der Waals surface area (Å²) in [6, 6.07) is 14.2. The average molecular weight is 586 g/mol. The lowest BCUT2D eigenvalue weighted by Crippen LogP contribution is -2.36. The van der Waals surface area contributed by atoms with Gasteiger partial charge in [0.05, 0.1) is 12.0 Å². The van der Waals surface area contributed by atoms with E-state index in [-0.39, 0.29) is 11.5 Å². The summed E-state index contributed by atoms with van der Waals surface area (Å²) in [4.78, 5) is 39.7. The molecular formula is C29H26Cl2N2O5S. The third-order valence-corrected chi connectivity index (χ3v) is 7.51. The zero-order chi connectivity index (χ0) is 28.3. The lowest BCUT2D eigenvalue weighted by Gasteiger charge is -2.16. The van der Waals surface area contributed by atoms with Gasteiger partial charge >= 0.3 is 0 Å². The van der Waals surface area contributed by atoms with Gasteiger partial charge in [-0.2, -0.15) is 0 Å². The van der Waals surface area contributed by atoms with E-state index in [0.29, 0.717) is 38.4 Å². The van der Waals surface area contributed by atoms with Crippen LogP contribution in [0, 0.1) is 20.8 Å². The van der Waals surface area contributed by atoms with Gasteiger partial charge in [0.1, 0.15) is 13.2 Å². The second-order valence-electron chi connectivity index (χ2n) is 8.99. The Balaban J connectivity index is 1.53. The monoisotopic (exact) mass is 584 g/mol. The first-order valence-electron chi connectivity index (χ1n) is 11.9. The molecule has 3 amide bonds. The molecule has 0 bridgehead atoms. The first-order chi connectivity index (χ1) is 18.6. The number of ether oxygens (including phenoxy) is 2. The standard InChI is InChI=1S/C29H26Cl2N2O5S/c1-16-10-17(2)26(18(3)11-16)32-25(34)14-33-28(35)24(39-29(33)36)12-19-6-5-7-23(37-4)27(19)38-15-20-8-9-21(30)13-22(20)31/h5-13H,14-15H2,1-4H3,(H,32,34)/b24-12+. The molecule has 1 saturated heterocycles. The number of rotatable bonds is 8. The summed E-state index contributed by atoms with van der Waals surface area (Å²) in [6.45, 7) is 5.49. The number of halogens is 2. The Labute approximate surface area is 241 Å². The van der Waals surface area contributed by atoms with Crippen molar-refractivity contribution in [2.45, 2.75) is 27.4 Å². The van der Waals surface area contributed by atoms with E-state index in [9.17, 15) is 14.4 Å². The van der Waals surface area contributed by atoms with Crippen molar-refractivity contribution in [2.24, 2.45) is 0 Å². The summed E-state index contributed by atoms with van der Waals surface area (Å²) < 4.78 is 11.5. The number of carbonyl (C=O) groups is 3. The maximum absolute atomic E-state index is 13.1. The Morgan fingerprint density at radius 3 is 2.44 bits per heavy atom. The topological polar surface area (TPSA) is 84.9 Å². The van der Waals surface area contributed by atoms with Crippen molar-refractivity contribution in [3.63, 3.8) is 0 Å². The molecule has 4 rings (SSSR count). The quantitative estimate of drug-likeness (QED) is 0.282. The Morgan fingerprint density at radius 1 is 1.05 bits per heavy atom. The minimum absolute atomic E-state index is 0.122. The van der Waals surface area contributed by atoms with Gasteiger partial charge in [0.15, 0.2) is 11.5 Å². The zero-order valence-electron chi connectivity index (χ0n) is 21.8. The summed E-state index contributed by atoms with van der Waals surface area (Å²) >= 11 is 13.0. The highest BCUT2D eigenvalue weighted by molar-refractivity contribution is 8.18. The second-order valence-corrected chi connectivity index (χ2v) is 10.8. The van der Waals surface area contributed by atoms with Crippen LogP contribution in [0.3, 0.4) is 0 Å². The molecule has 1 fully saturated rings. The van der Waals surface area contributed by atoms with Crippen LogP contribution in [0.5, 0.6) is 11.5 Å². The summed E-state index contributed by atoms with van der Waals surface area (Å²) in [5.74, 6) is -0.206. The van der Waals surface area contributed by atoms with Gasteiger partial charge in [-0.25, -0.2) is 0 Å². The number of methoxy groups -OCH3 is 1. The van der Waals surface area contributed by atoms with Crippen LogP contribution in [0.25, 0.3) is 6.08 Å². The molecule has 10 heteroatoms. The van der Waals surface area contributed by atoms with Gasteiger partial charge in [-0.1, -0.05) is 59.1 Å². The fourth-order valence-electron chi connectivity index (χ4n) is 4.23. The third-order valence-electron chi connectivity index (χ3n) is 6.02. The molecule has 1 heterocycles. The minimum atomic E-state index is -0.563. The Kier molecular flexibility index (Phi) is 8.90. The second kappa shape index (κ2) is 12.2. The van der Waals surface area contributed by atoms with Gasteiger partial charge in [-0.05, 0) is 67.9 Å². The molecule has 1 aliphatic rings. The number of imide groups is 1. The predicted octanol–water partition coefficient (Wildman–Crippen LogP) is 7.18. The van der Waals surface area contributed by atoms with E-state index in [1.807, 2.05) is 32.9 Å². The first kappa shape index (κ1) is 28.5. The largest absolute Gasteiger partial charge is 0.493 e. The van der Waals surface area contributed by atoms with Crippen molar-refractivity contribution < 1.29 is 23.9 Å². The Morgan fingerprint density at radius 2 is 1.77 bits per heavy atom. The molecule has 1 N–H and O–H groups in total. The number of aryl methyl sites for hydroxylation is 3. The number of para-hydroxylation sites is 1. The van der Waals surface area contributed by atoms with E-state index in [2.05, 4.69) is 5.32 Å². The summed E-state index contributed by atoms with van der Waals surface area (Å²) in [5, 5.41) is 3.27. The van der Waals surface area contributed by atoms with Gasteiger partial charge in [0.25, 0.3) is 11.1 Å². The molecule has 3 aromatic rings. The van der Waals surface area contributed by atoms with Crippen LogP contribution < -0.4 is 14.8 Å². The smallest absolute Gasteiger partial charge is 0.294 e. The van der Waals surface area contributed by atoms with Gasteiger partial charge < -0.3 is 14.8 Å². The van der Waals surface area contributed by atoms with E-state index < -0.39 is 23.6 Å². The molecule has 0 saturated carbocycles. The van der Waals surface area contributed by atoms with E-state index in [1.54, 1.807) is 42.5 Å². The molecule has 0 atom stereocenters. The first-order valence-corrected chi connectivity index (χ1v) is 13.5. The van der Waals surface area contributed by atoms with Crippen LogP contribution in [0.4, 0.5) is 10.5 Å². The molecule has 39 heavy (non-hydrogen) atoms. The van der Waals surface area contributed by atoms with Gasteiger partial charge in [0.2, 0.25) is 5.91 Å². The number of nitrogens with one attached hydrogen (secondary N) is 1. The van der Waals surface area contributed by atoms with E-state index in [1.165, 1.54) is 7.11 Å². The molecule has 0 aromatic heterocycles. The summed E-state index contributed by atoms with van der Waals surface area (Å²) in [5.41, 5.74) is 4.80. The van der Waals surface area contributed by atoms with Gasteiger partial charge in [-0.3, -0.25) is 19.3 Å². The molecule has 202 valence electrons. The summed E-state index contributed by atoms with van der Waals surface area (Å²) in [7, 11) is 1.51. The predicted molar refractivity (Wildman–Crippen MR) is 156 cm³/mol. The number of anilines is 1. The van der Waals surface area contributed by atoms with Crippen molar-refractivity contribution in [3.8, 4) is 11.5 Å². The van der Waals surface area contributed by atoms with Crippen LogP contribution in [0.1, 0.15) is 27.8 Å². The van der Waals surface area contributed by atoms with Crippen LogP contribution in [-0.2, 0) is 16.2 Å². The number of nitrogens with zero attached hydrogens (tertiary/aromatic N) is 1. The zero-order valence-corrected chi connectivity index (χ0v) is 24.1. The molecular weight excluding hydrogens is 559 g/mol. The highest BCUT2D eigenvalue weighted by Gasteiger charge is 2.36. The summed E-state index contributed by atoms with van der Waals surface area (Å²) in [6.07, 6.45) is 1.55. The molecule has 7 nitrogen and oxygen atoms in total. The number of amides is 3. The maximum Gasteiger partial charge on any atom is 0.294 e. The molecule has 0 unspecified atom stereocenters. The number of carbonyl (C=O) groups excluding carboxylic acids is 3. The maximum atomic E-state index is 13.1. The van der Waals surface area contributed by atoms with Gasteiger partial charge in [-0.15, -0.1) is 0 Å². The van der Waals surface area contributed by atoms with E-state index in [0.717, 1.165) is 33.4 Å². The van der Waals surface area contributed by atoms with Crippen LogP contribution >= 0.6 is 35.0 Å². The van der Waals surface area contributed by atoms with Gasteiger partial charge in [0, 0.05) is 26.9 Å². The van der Waals surface area contributed by atoms with Crippen molar-refractivity contribution >= 4 is 63.8 Å². The number of benzene rings is 3. The van der Waals surface area contributed by atoms with Crippen molar-refractivity contribution in [1.29, 1.82) is 0 Å². The highest BCUT2D eigenvalue weighted by Crippen LogP contribution is 2.38. The number of thioether (sulfide) groups is 1. The molecule has 1 aliphatic heterocycles. The highest BCUT2D eigenvalue weighted by atomic mass is 35.5. The van der Waals surface area contributed by atoms with E-state index in [4.69, 9.17) is 32.7 Å². The minimum Gasteiger partial charge on any atom is -0.493 e. The molecule has 0 aliphatic carbocycles. The lowest BCUT2D eigenvalue weighted by molar-refractivity contribution is -0.127. The van der Waals surface area contributed by atoms with Crippen molar-refractivity contribution in [2.75, 3.05) is 19.0 Å². The number of hydrogen-bond donors (Lipinski definition) is 1. The third kappa shape index (κ3) is 6.58. The van der Waals surface area contributed by atoms with Crippen LogP contribution in [-0.4, -0.2) is 35.6 Å². The average Bonchev–Trinajstić information content (AvgIpc) is 3.13.